The van der Waals surface area contributed by atoms with Crippen molar-refractivity contribution in [3.05, 3.63) is 36.5 Å². The fraction of sp³-hybridized carbons (Fsp3) is 0.429. The van der Waals surface area contributed by atoms with Crippen LogP contribution in [0.4, 0.5) is 0 Å². The van der Waals surface area contributed by atoms with Gasteiger partial charge >= 0.3 is 0 Å². The molecule has 0 spiro atoms. The molecule has 1 amide bonds. The average molecular weight is 302 g/mol. The standard InChI is InChI=1S/C14H18N6O2/c15-11-4-10(5-12(11)21)14(22)18-6-9-2-1-3-17-13(9)20-8-16-7-19-20/h1-3,7-8,10-12,21H,4-6,15H2,(H,18,22)/t10-,11-,12-/m0/s1. The number of carbonyl (C=O) groups is 1. The predicted octanol–water partition coefficient (Wildman–Crippen LogP) is -0.623. The SMILES string of the molecule is N[C@H]1C[C@H](C(=O)NCc2cccnc2-n2cncn2)C[C@@H]1O. The summed E-state index contributed by atoms with van der Waals surface area (Å²) < 4.78 is 1.55. The molecule has 3 rings (SSSR count). The summed E-state index contributed by atoms with van der Waals surface area (Å²) in [7, 11) is 0. The van der Waals surface area contributed by atoms with Crippen LogP contribution in [0.25, 0.3) is 5.82 Å². The number of nitrogens with one attached hydrogen (secondary N) is 1. The Morgan fingerprint density at radius 1 is 1.50 bits per heavy atom. The van der Waals surface area contributed by atoms with Crippen molar-refractivity contribution >= 4 is 5.91 Å². The van der Waals surface area contributed by atoms with E-state index in [-0.39, 0.29) is 17.9 Å². The van der Waals surface area contributed by atoms with E-state index < -0.39 is 6.10 Å². The molecule has 1 fully saturated rings. The monoisotopic (exact) mass is 302 g/mol. The third-order valence-corrected chi connectivity index (χ3v) is 3.90. The van der Waals surface area contributed by atoms with Crippen LogP contribution >= 0.6 is 0 Å². The van der Waals surface area contributed by atoms with Gasteiger partial charge in [0.05, 0.1) is 6.10 Å². The highest BCUT2D eigenvalue weighted by molar-refractivity contribution is 5.79. The van der Waals surface area contributed by atoms with Crippen molar-refractivity contribution in [2.24, 2.45) is 11.7 Å². The molecule has 2 aromatic heterocycles. The number of nitrogens with zero attached hydrogens (tertiary/aromatic N) is 4. The number of pyridine rings is 1. The van der Waals surface area contributed by atoms with Gasteiger partial charge in [-0.3, -0.25) is 4.79 Å². The number of hydrogen-bond donors (Lipinski definition) is 3. The van der Waals surface area contributed by atoms with Gasteiger partial charge in [-0.2, -0.15) is 5.10 Å². The molecule has 3 atom stereocenters. The van der Waals surface area contributed by atoms with E-state index in [9.17, 15) is 9.90 Å². The molecule has 1 aliphatic rings. The first-order chi connectivity index (χ1) is 10.6. The highest BCUT2D eigenvalue weighted by atomic mass is 16.3. The number of rotatable bonds is 4. The van der Waals surface area contributed by atoms with Crippen molar-refractivity contribution in [3.8, 4) is 5.82 Å². The molecule has 2 heterocycles. The van der Waals surface area contributed by atoms with Crippen LogP contribution < -0.4 is 11.1 Å². The number of carbonyl (C=O) groups excluding carboxylic acids is 1. The second-order valence-electron chi connectivity index (χ2n) is 5.44. The molecule has 4 N–H and O–H groups in total. The number of aliphatic hydroxyl groups excluding tert-OH is 1. The topological polar surface area (TPSA) is 119 Å². The lowest BCUT2D eigenvalue weighted by Gasteiger charge is -2.12. The number of amides is 1. The van der Waals surface area contributed by atoms with Crippen LogP contribution in [0.1, 0.15) is 18.4 Å². The summed E-state index contributed by atoms with van der Waals surface area (Å²) in [6, 6.07) is 3.36. The van der Waals surface area contributed by atoms with Crippen molar-refractivity contribution in [1.82, 2.24) is 25.1 Å². The summed E-state index contributed by atoms with van der Waals surface area (Å²) in [5.41, 5.74) is 6.58. The van der Waals surface area contributed by atoms with Crippen LogP contribution in [0, 0.1) is 5.92 Å². The fourth-order valence-electron chi connectivity index (χ4n) is 2.68. The zero-order chi connectivity index (χ0) is 15.5. The fourth-order valence-corrected chi connectivity index (χ4v) is 2.68. The first-order valence-electron chi connectivity index (χ1n) is 7.15. The Labute approximate surface area is 127 Å². The van der Waals surface area contributed by atoms with Gasteiger partial charge in [0.25, 0.3) is 0 Å². The minimum Gasteiger partial charge on any atom is -0.391 e. The van der Waals surface area contributed by atoms with Crippen LogP contribution in [-0.2, 0) is 11.3 Å². The van der Waals surface area contributed by atoms with Gasteiger partial charge in [-0.15, -0.1) is 0 Å². The van der Waals surface area contributed by atoms with Gasteiger partial charge in [-0.25, -0.2) is 14.6 Å². The lowest BCUT2D eigenvalue weighted by atomic mass is 10.1. The number of hydrogen-bond acceptors (Lipinski definition) is 6. The molecular weight excluding hydrogens is 284 g/mol. The van der Waals surface area contributed by atoms with Crippen molar-refractivity contribution in [2.45, 2.75) is 31.5 Å². The van der Waals surface area contributed by atoms with Gasteiger partial charge in [0.1, 0.15) is 12.7 Å². The van der Waals surface area contributed by atoms with Crippen LogP contribution in [-0.4, -0.2) is 42.9 Å². The van der Waals surface area contributed by atoms with E-state index >= 15 is 0 Å². The zero-order valence-electron chi connectivity index (χ0n) is 12.0. The molecule has 0 saturated heterocycles. The molecule has 22 heavy (non-hydrogen) atoms. The number of aromatic nitrogens is 4. The van der Waals surface area contributed by atoms with Gasteiger partial charge in [-0.1, -0.05) is 6.07 Å². The maximum absolute atomic E-state index is 12.2. The maximum atomic E-state index is 12.2. The van der Waals surface area contributed by atoms with E-state index in [1.54, 1.807) is 23.3 Å². The van der Waals surface area contributed by atoms with E-state index in [1.807, 2.05) is 6.07 Å². The lowest BCUT2D eigenvalue weighted by Crippen LogP contribution is -2.30. The zero-order valence-corrected chi connectivity index (χ0v) is 12.0. The maximum Gasteiger partial charge on any atom is 0.223 e. The Kier molecular flexibility index (Phi) is 4.12. The Balaban J connectivity index is 1.66. The molecule has 1 aliphatic carbocycles. The molecule has 116 valence electrons. The Bertz CT molecular complexity index is 635. The largest absolute Gasteiger partial charge is 0.391 e. The molecule has 0 radical (unpaired) electrons. The Morgan fingerprint density at radius 2 is 2.36 bits per heavy atom. The van der Waals surface area contributed by atoms with E-state index in [0.717, 1.165) is 5.56 Å². The van der Waals surface area contributed by atoms with E-state index in [4.69, 9.17) is 5.73 Å². The minimum atomic E-state index is -0.597. The van der Waals surface area contributed by atoms with Gasteiger partial charge in [0.2, 0.25) is 5.91 Å². The molecule has 8 heteroatoms. The summed E-state index contributed by atoms with van der Waals surface area (Å²) in [4.78, 5) is 20.3. The minimum absolute atomic E-state index is 0.0969. The van der Waals surface area contributed by atoms with Crippen molar-refractivity contribution in [1.29, 1.82) is 0 Å². The van der Waals surface area contributed by atoms with E-state index in [2.05, 4.69) is 20.4 Å². The molecule has 0 aromatic carbocycles. The highest BCUT2D eigenvalue weighted by Crippen LogP contribution is 2.25. The van der Waals surface area contributed by atoms with Crippen LogP contribution in [0.5, 0.6) is 0 Å². The highest BCUT2D eigenvalue weighted by Gasteiger charge is 2.34. The summed E-state index contributed by atoms with van der Waals surface area (Å²) in [6.45, 7) is 0.337. The quantitative estimate of drug-likeness (QED) is 0.692. The number of nitrogens with two attached hydrogens (primary N) is 1. The molecule has 0 unspecified atom stereocenters. The predicted molar refractivity (Wildman–Crippen MR) is 77.7 cm³/mol. The lowest BCUT2D eigenvalue weighted by molar-refractivity contribution is -0.125. The van der Waals surface area contributed by atoms with Crippen LogP contribution in [0.2, 0.25) is 0 Å². The van der Waals surface area contributed by atoms with Gasteiger partial charge < -0.3 is 16.2 Å². The average Bonchev–Trinajstić information content (AvgIpc) is 3.16. The second kappa shape index (κ2) is 6.20. The second-order valence-corrected chi connectivity index (χ2v) is 5.44. The molecule has 8 nitrogen and oxygen atoms in total. The first kappa shape index (κ1) is 14.6. The molecule has 2 aromatic rings. The molecule has 0 aliphatic heterocycles. The summed E-state index contributed by atoms with van der Waals surface area (Å²) in [5, 5.41) is 16.6. The Hall–Kier alpha value is -2.32. The normalized spacial score (nSPS) is 24.4. The van der Waals surface area contributed by atoms with Crippen molar-refractivity contribution < 1.29 is 9.90 Å². The number of aliphatic hydroxyl groups is 1. The van der Waals surface area contributed by atoms with Gasteiger partial charge in [-0.05, 0) is 18.9 Å². The Morgan fingerprint density at radius 3 is 3.05 bits per heavy atom. The molecule has 1 saturated carbocycles. The smallest absolute Gasteiger partial charge is 0.223 e. The first-order valence-corrected chi connectivity index (χ1v) is 7.15. The van der Waals surface area contributed by atoms with Crippen LogP contribution in [0.15, 0.2) is 31.0 Å². The van der Waals surface area contributed by atoms with Crippen LogP contribution in [0.3, 0.4) is 0 Å². The summed E-state index contributed by atoms with van der Waals surface area (Å²) in [5.74, 6) is 0.292. The summed E-state index contributed by atoms with van der Waals surface area (Å²) in [6.07, 6.45) is 4.97. The molecule has 0 bridgehead atoms. The van der Waals surface area contributed by atoms with Crippen molar-refractivity contribution in [3.63, 3.8) is 0 Å². The van der Waals surface area contributed by atoms with E-state index in [0.29, 0.717) is 25.2 Å². The van der Waals surface area contributed by atoms with E-state index in [1.165, 1.54) is 6.33 Å². The third-order valence-electron chi connectivity index (χ3n) is 3.90. The molecular formula is C14H18N6O2. The van der Waals surface area contributed by atoms with Crippen molar-refractivity contribution in [2.75, 3.05) is 0 Å². The van der Waals surface area contributed by atoms with Gasteiger partial charge in [0, 0.05) is 30.3 Å². The summed E-state index contributed by atoms with van der Waals surface area (Å²) >= 11 is 0. The third kappa shape index (κ3) is 2.97. The van der Waals surface area contributed by atoms with Gasteiger partial charge in [0.15, 0.2) is 5.82 Å².